The molecule has 1 saturated carbocycles. The van der Waals surface area contributed by atoms with Gasteiger partial charge in [-0.2, -0.15) is 5.26 Å². The van der Waals surface area contributed by atoms with Crippen molar-refractivity contribution in [2.75, 3.05) is 0 Å². The molecule has 0 unspecified atom stereocenters. The molecule has 5 heteroatoms. The molecule has 2 rings (SSSR count). The number of hydrogen-bond donors (Lipinski definition) is 1. The van der Waals surface area contributed by atoms with Gasteiger partial charge in [-0.25, -0.2) is 4.98 Å². The summed E-state index contributed by atoms with van der Waals surface area (Å²) in [5, 5.41) is 11.7. The summed E-state index contributed by atoms with van der Waals surface area (Å²) in [6.07, 6.45) is 3.81. The molecule has 1 aliphatic rings. The van der Waals surface area contributed by atoms with Gasteiger partial charge in [-0.05, 0) is 47.7 Å². The fourth-order valence-electron chi connectivity index (χ4n) is 1.65. The molecule has 0 spiro atoms. The van der Waals surface area contributed by atoms with Crippen LogP contribution in [-0.2, 0) is 0 Å². The number of carbonyl (C=O) groups excluding carboxylic acids is 1. The molecule has 1 aromatic rings. The molecule has 1 amide bonds. The van der Waals surface area contributed by atoms with Gasteiger partial charge in [0.15, 0.2) is 5.69 Å². The highest BCUT2D eigenvalue weighted by Gasteiger charge is 2.29. The lowest BCUT2D eigenvalue weighted by molar-refractivity contribution is 0.0935. The smallest absolute Gasteiger partial charge is 0.253 e. The molecular formula is C12H12BrN3O. The van der Waals surface area contributed by atoms with Gasteiger partial charge >= 0.3 is 0 Å². The summed E-state index contributed by atoms with van der Waals surface area (Å²) in [5.74, 6) is 0.482. The van der Waals surface area contributed by atoms with E-state index in [0.29, 0.717) is 16.0 Å². The molecule has 1 fully saturated rings. The summed E-state index contributed by atoms with van der Waals surface area (Å²) in [5.41, 5.74) is 0.764. The highest BCUT2D eigenvalue weighted by Crippen LogP contribution is 2.32. The molecule has 88 valence electrons. The molecular weight excluding hydrogens is 282 g/mol. The maximum Gasteiger partial charge on any atom is 0.253 e. The van der Waals surface area contributed by atoms with Crippen LogP contribution in [0.3, 0.4) is 0 Å². The number of nitrogens with zero attached hydrogens (tertiary/aromatic N) is 2. The second-order valence-corrected chi connectivity index (χ2v) is 5.12. The zero-order chi connectivity index (χ0) is 12.4. The summed E-state index contributed by atoms with van der Waals surface area (Å²) in [6.45, 7) is 2.02. The first-order valence-electron chi connectivity index (χ1n) is 5.48. The third-order valence-corrected chi connectivity index (χ3v) is 3.50. The quantitative estimate of drug-likeness (QED) is 0.929. The Morgan fingerprint density at radius 3 is 2.94 bits per heavy atom. The first-order valence-corrected chi connectivity index (χ1v) is 6.27. The van der Waals surface area contributed by atoms with E-state index in [-0.39, 0.29) is 17.6 Å². The number of nitrogens with one attached hydrogen (secondary N) is 1. The Morgan fingerprint density at radius 2 is 2.41 bits per heavy atom. The SMILES string of the molecule is C[C@H](NC(=O)c1cnc(C#N)c(Br)c1)C1CC1. The number of carbonyl (C=O) groups is 1. The van der Waals surface area contributed by atoms with E-state index >= 15 is 0 Å². The molecule has 0 bridgehead atoms. The van der Waals surface area contributed by atoms with Gasteiger partial charge in [0.2, 0.25) is 0 Å². The van der Waals surface area contributed by atoms with Crippen molar-refractivity contribution < 1.29 is 4.79 Å². The first kappa shape index (κ1) is 12.1. The van der Waals surface area contributed by atoms with Crippen LogP contribution in [0.25, 0.3) is 0 Å². The number of pyridine rings is 1. The Morgan fingerprint density at radius 1 is 1.71 bits per heavy atom. The molecule has 17 heavy (non-hydrogen) atoms. The Labute approximate surface area is 108 Å². The second-order valence-electron chi connectivity index (χ2n) is 4.27. The zero-order valence-electron chi connectivity index (χ0n) is 9.40. The van der Waals surface area contributed by atoms with Crippen molar-refractivity contribution in [1.82, 2.24) is 10.3 Å². The van der Waals surface area contributed by atoms with Crippen LogP contribution in [0.2, 0.25) is 0 Å². The Hall–Kier alpha value is -1.41. The fourth-order valence-corrected chi connectivity index (χ4v) is 2.09. The lowest BCUT2D eigenvalue weighted by Crippen LogP contribution is -2.34. The van der Waals surface area contributed by atoms with Crippen molar-refractivity contribution in [1.29, 1.82) is 5.26 Å². The average Bonchev–Trinajstić information content (AvgIpc) is 3.12. The van der Waals surface area contributed by atoms with Crippen LogP contribution in [-0.4, -0.2) is 16.9 Å². The van der Waals surface area contributed by atoms with E-state index in [1.54, 1.807) is 6.07 Å². The molecule has 0 aromatic carbocycles. The predicted octanol–water partition coefficient (Wildman–Crippen LogP) is 2.24. The van der Waals surface area contributed by atoms with Crippen LogP contribution in [0.5, 0.6) is 0 Å². The van der Waals surface area contributed by atoms with Crippen LogP contribution < -0.4 is 5.32 Å². The van der Waals surface area contributed by atoms with Crippen molar-refractivity contribution in [3.8, 4) is 6.07 Å². The number of aromatic nitrogens is 1. The van der Waals surface area contributed by atoms with Crippen LogP contribution >= 0.6 is 15.9 Å². The van der Waals surface area contributed by atoms with Crippen molar-refractivity contribution in [3.05, 3.63) is 28.0 Å². The molecule has 0 radical (unpaired) electrons. The third-order valence-electron chi connectivity index (χ3n) is 2.90. The minimum Gasteiger partial charge on any atom is -0.349 e. The Kier molecular flexibility index (Phi) is 3.43. The summed E-state index contributed by atoms with van der Waals surface area (Å²) >= 11 is 3.22. The fraction of sp³-hybridized carbons (Fsp3) is 0.417. The molecule has 0 aliphatic heterocycles. The van der Waals surface area contributed by atoms with E-state index in [4.69, 9.17) is 5.26 Å². The minimum absolute atomic E-state index is 0.137. The highest BCUT2D eigenvalue weighted by molar-refractivity contribution is 9.10. The van der Waals surface area contributed by atoms with Crippen LogP contribution in [0.15, 0.2) is 16.7 Å². The van der Waals surface area contributed by atoms with Gasteiger partial charge in [0.25, 0.3) is 5.91 Å². The van der Waals surface area contributed by atoms with Gasteiger partial charge in [0.05, 0.1) is 10.0 Å². The van der Waals surface area contributed by atoms with E-state index in [0.717, 1.165) is 0 Å². The van der Waals surface area contributed by atoms with Crippen LogP contribution in [0, 0.1) is 17.2 Å². The van der Waals surface area contributed by atoms with Gasteiger partial charge in [-0.15, -0.1) is 0 Å². The second kappa shape index (κ2) is 4.84. The maximum absolute atomic E-state index is 11.9. The molecule has 1 atom stereocenters. The predicted molar refractivity (Wildman–Crippen MR) is 66.3 cm³/mol. The topological polar surface area (TPSA) is 65.8 Å². The van der Waals surface area contributed by atoms with Crippen molar-refractivity contribution >= 4 is 21.8 Å². The number of amides is 1. The summed E-state index contributed by atoms with van der Waals surface area (Å²) < 4.78 is 0.548. The van der Waals surface area contributed by atoms with Crippen molar-refractivity contribution in [3.63, 3.8) is 0 Å². The van der Waals surface area contributed by atoms with Gasteiger partial charge in [-0.3, -0.25) is 4.79 Å². The van der Waals surface area contributed by atoms with E-state index in [1.165, 1.54) is 19.0 Å². The first-order chi connectivity index (χ1) is 8.11. The lowest BCUT2D eigenvalue weighted by Gasteiger charge is -2.12. The number of hydrogen-bond acceptors (Lipinski definition) is 3. The molecule has 1 aliphatic carbocycles. The normalized spacial score (nSPS) is 16.1. The number of nitriles is 1. The summed E-state index contributed by atoms with van der Waals surface area (Å²) in [7, 11) is 0. The zero-order valence-corrected chi connectivity index (χ0v) is 11.0. The summed E-state index contributed by atoms with van der Waals surface area (Å²) in [6, 6.07) is 3.77. The van der Waals surface area contributed by atoms with Crippen LogP contribution in [0.1, 0.15) is 35.8 Å². The van der Waals surface area contributed by atoms with E-state index in [2.05, 4.69) is 26.2 Å². The van der Waals surface area contributed by atoms with E-state index < -0.39 is 0 Å². The highest BCUT2D eigenvalue weighted by atomic mass is 79.9. The van der Waals surface area contributed by atoms with Crippen molar-refractivity contribution in [2.24, 2.45) is 5.92 Å². The number of rotatable bonds is 3. The maximum atomic E-state index is 11.9. The van der Waals surface area contributed by atoms with Gasteiger partial charge in [0, 0.05) is 12.2 Å². The molecule has 1 heterocycles. The molecule has 0 saturated heterocycles. The molecule has 4 nitrogen and oxygen atoms in total. The summed E-state index contributed by atoms with van der Waals surface area (Å²) in [4.78, 5) is 15.8. The minimum atomic E-state index is -0.137. The molecule has 1 aromatic heterocycles. The monoisotopic (exact) mass is 293 g/mol. The van der Waals surface area contributed by atoms with E-state index in [1.807, 2.05) is 13.0 Å². The number of halogens is 1. The third kappa shape index (κ3) is 2.83. The van der Waals surface area contributed by atoms with Gasteiger partial charge < -0.3 is 5.32 Å². The Balaban J connectivity index is 2.08. The standard InChI is InChI=1S/C12H12BrN3O/c1-7(8-2-3-8)16-12(17)9-4-10(13)11(5-14)15-6-9/h4,6-8H,2-3H2,1H3,(H,16,17)/t7-/m0/s1. The lowest BCUT2D eigenvalue weighted by atomic mass is 10.2. The van der Waals surface area contributed by atoms with Gasteiger partial charge in [-0.1, -0.05) is 0 Å². The molecule has 1 N–H and O–H groups in total. The van der Waals surface area contributed by atoms with Crippen molar-refractivity contribution in [2.45, 2.75) is 25.8 Å². The van der Waals surface area contributed by atoms with E-state index in [9.17, 15) is 4.79 Å². The largest absolute Gasteiger partial charge is 0.349 e. The average molecular weight is 294 g/mol. The van der Waals surface area contributed by atoms with Crippen LogP contribution in [0.4, 0.5) is 0 Å². The Bertz CT molecular complexity index is 491. The van der Waals surface area contributed by atoms with Gasteiger partial charge in [0.1, 0.15) is 6.07 Å².